The summed E-state index contributed by atoms with van der Waals surface area (Å²) < 4.78 is 11.4. The van der Waals surface area contributed by atoms with Crippen LogP contribution in [0.4, 0.5) is 0 Å². The lowest BCUT2D eigenvalue weighted by atomic mass is 9.97. The lowest BCUT2D eigenvalue weighted by Crippen LogP contribution is -2.51. The Hall–Kier alpha value is -3.61. The molecule has 3 aromatic carbocycles. The molecule has 0 saturated carbocycles. The molecule has 6 nitrogen and oxygen atoms in total. The molecule has 48 heavy (non-hydrogen) atoms. The molecular formula is C41H55ClN2O4. The molecule has 0 aromatic heterocycles. The van der Waals surface area contributed by atoms with Gasteiger partial charge in [-0.3, -0.25) is 9.59 Å². The average molecular weight is 675 g/mol. The molecule has 2 N–H and O–H groups in total. The lowest BCUT2D eigenvalue weighted by Gasteiger charge is -2.25. The summed E-state index contributed by atoms with van der Waals surface area (Å²) in [6.45, 7) is 9.24. The van der Waals surface area contributed by atoms with Gasteiger partial charge in [0.2, 0.25) is 11.8 Å². The molecule has 0 radical (unpaired) electrons. The van der Waals surface area contributed by atoms with Crippen LogP contribution in [0.15, 0.2) is 91.0 Å². The topological polar surface area (TPSA) is 76.7 Å². The third-order valence-corrected chi connectivity index (χ3v) is 8.79. The fourth-order valence-corrected chi connectivity index (χ4v) is 6.12. The summed E-state index contributed by atoms with van der Waals surface area (Å²) in [5.74, 6) is 1.11. The van der Waals surface area contributed by atoms with Crippen molar-refractivity contribution in [1.29, 1.82) is 0 Å². The third kappa shape index (κ3) is 15.1. The smallest absolute Gasteiger partial charge is 0.244 e. The van der Waals surface area contributed by atoms with Gasteiger partial charge < -0.3 is 20.1 Å². The number of carbonyl (C=O) groups excluding carboxylic acids is 2. The number of allylic oxidation sites excluding steroid dienone is 1. The number of methoxy groups -OCH3 is 1. The van der Waals surface area contributed by atoms with Gasteiger partial charge in [-0.05, 0) is 98.6 Å². The second-order valence-corrected chi connectivity index (χ2v) is 13.7. The summed E-state index contributed by atoms with van der Waals surface area (Å²) in [5, 5.41) is 6.66. The molecule has 2 unspecified atom stereocenters. The van der Waals surface area contributed by atoms with E-state index in [-0.39, 0.29) is 30.4 Å². The molecule has 2 amide bonds. The van der Waals surface area contributed by atoms with E-state index in [2.05, 4.69) is 74.7 Å². The maximum atomic E-state index is 13.9. The first-order valence-corrected chi connectivity index (χ1v) is 17.8. The van der Waals surface area contributed by atoms with Crippen LogP contribution >= 0.6 is 11.6 Å². The number of hydrogen-bond donors (Lipinski definition) is 2. The van der Waals surface area contributed by atoms with Gasteiger partial charge in [0.1, 0.15) is 11.8 Å². The van der Waals surface area contributed by atoms with Crippen molar-refractivity contribution in [3.63, 3.8) is 0 Å². The first-order chi connectivity index (χ1) is 23.1. The predicted octanol–water partition coefficient (Wildman–Crippen LogP) is 8.55. The van der Waals surface area contributed by atoms with E-state index in [0.29, 0.717) is 42.1 Å². The highest BCUT2D eigenvalue weighted by molar-refractivity contribution is 6.32. The number of hydrogen-bond acceptors (Lipinski definition) is 4. The minimum atomic E-state index is -0.796. The zero-order valence-electron chi connectivity index (χ0n) is 29.4. The molecule has 3 rings (SSSR count). The zero-order valence-corrected chi connectivity index (χ0v) is 30.2. The van der Waals surface area contributed by atoms with Crippen molar-refractivity contribution < 1.29 is 19.1 Å². The number of carbonyl (C=O) groups is 2. The van der Waals surface area contributed by atoms with Crippen molar-refractivity contribution in [2.24, 2.45) is 11.8 Å². The fourth-order valence-electron chi connectivity index (χ4n) is 5.84. The summed E-state index contributed by atoms with van der Waals surface area (Å²) in [6, 6.07) is 25.1. The Kier molecular flexibility index (Phi) is 17.3. The second kappa shape index (κ2) is 21.4. The summed E-state index contributed by atoms with van der Waals surface area (Å²) in [7, 11) is 1.56. The second-order valence-electron chi connectivity index (χ2n) is 13.3. The lowest BCUT2D eigenvalue weighted by molar-refractivity contribution is -0.127. The van der Waals surface area contributed by atoms with E-state index in [0.717, 1.165) is 43.2 Å². The molecule has 7 heteroatoms. The Morgan fingerprint density at radius 3 is 2.15 bits per heavy atom. The first-order valence-electron chi connectivity index (χ1n) is 17.4. The summed E-state index contributed by atoms with van der Waals surface area (Å²) in [6.07, 6.45) is 10.1. The van der Waals surface area contributed by atoms with E-state index >= 15 is 0 Å². The van der Waals surface area contributed by atoms with Gasteiger partial charge >= 0.3 is 0 Å². The minimum absolute atomic E-state index is 0.142. The molecule has 0 aliphatic rings. The number of nitrogens with one attached hydrogen (secondary N) is 2. The Morgan fingerprint density at radius 2 is 1.50 bits per heavy atom. The van der Waals surface area contributed by atoms with Gasteiger partial charge in [-0.1, -0.05) is 105 Å². The molecule has 0 saturated heterocycles. The van der Waals surface area contributed by atoms with Gasteiger partial charge in [-0.2, -0.15) is 0 Å². The number of ether oxygens (including phenoxy) is 2. The van der Waals surface area contributed by atoms with Gasteiger partial charge in [0.15, 0.2) is 0 Å². The van der Waals surface area contributed by atoms with Crippen LogP contribution in [0.25, 0.3) is 0 Å². The molecule has 3 aromatic rings. The van der Waals surface area contributed by atoms with Crippen LogP contribution in [0.2, 0.25) is 5.02 Å². The highest BCUT2D eigenvalue weighted by atomic mass is 35.5. The molecule has 260 valence electrons. The van der Waals surface area contributed by atoms with E-state index in [1.807, 2.05) is 36.4 Å². The van der Waals surface area contributed by atoms with Crippen LogP contribution in [-0.2, 0) is 33.6 Å². The van der Waals surface area contributed by atoms with Crippen LogP contribution < -0.4 is 15.4 Å². The number of rotatable bonds is 21. The van der Waals surface area contributed by atoms with Crippen molar-refractivity contribution in [3.8, 4) is 5.75 Å². The molecule has 0 bridgehead atoms. The van der Waals surface area contributed by atoms with Gasteiger partial charge in [0.05, 0.1) is 18.2 Å². The van der Waals surface area contributed by atoms with Crippen LogP contribution in [0.1, 0.15) is 76.5 Å². The highest BCUT2D eigenvalue weighted by Gasteiger charge is 2.24. The van der Waals surface area contributed by atoms with Gasteiger partial charge in [0, 0.05) is 19.1 Å². The highest BCUT2D eigenvalue weighted by Crippen LogP contribution is 2.25. The van der Waals surface area contributed by atoms with Crippen molar-refractivity contribution in [1.82, 2.24) is 10.6 Å². The maximum absolute atomic E-state index is 13.9. The third-order valence-electron chi connectivity index (χ3n) is 8.50. The van der Waals surface area contributed by atoms with Crippen molar-refractivity contribution in [2.75, 3.05) is 13.7 Å². The largest absolute Gasteiger partial charge is 0.495 e. The average Bonchev–Trinajstić information content (AvgIpc) is 3.06. The predicted molar refractivity (Wildman–Crippen MR) is 198 cm³/mol. The number of halogens is 1. The fraction of sp³-hybridized carbons (Fsp3) is 0.463. The molecule has 0 fully saturated rings. The van der Waals surface area contributed by atoms with Crippen LogP contribution in [-0.4, -0.2) is 43.7 Å². The standard InChI is InChI=1S/C41H55ClN2O4/c1-30(2)26-32(4)48-25-24-36(27-34-17-10-7-11-18-34)43-41(46)38(29-35-22-23-39(47-5)37(42)28-35)44-40(45)19-13-12-14-31(3)20-21-33-15-8-6-9-16-33/h6-11,13,15-19,22-23,28,30-32,36,38H,12,14,20-21,24-27,29H2,1-5H3,(H,43,46)(H,44,45)/b19-13+/t31?,32?,36-,38+/m0/s1. The summed E-state index contributed by atoms with van der Waals surface area (Å²) in [4.78, 5) is 27.0. The van der Waals surface area contributed by atoms with E-state index < -0.39 is 6.04 Å². The normalized spacial score (nSPS) is 14.0. The Labute approximate surface area is 293 Å². The first kappa shape index (κ1) is 38.8. The quantitative estimate of drug-likeness (QED) is 0.111. The zero-order chi connectivity index (χ0) is 34.7. The number of amides is 2. The molecule has 4 atom stereocenters. The number of benzene rings is 3. The van der Waals surface area contributed by atoms with Crippen LogP contribution in [0.5, 0.6) is 5.75 Å². The molecular weight excluding hydrogens is 620 g/mol. The summed E-state index contributed by atoms with van der Waals surface area (Å²) >= 11 is 6.42. The van der Waals surface area contributed by atoms with E-state index in [4.69, 9.17) is 21.1 Å². The van der Waals surface area contributed by atoms with Crippen LogP contribution in [0.3, 0.4) is 0 Å². The van der Waals surface area contributed by atoms with Crippen molar-refractivity contribution in [2.45, 2.75) is 97.2 Å². The van der Waals surface area contributed by atoms with Gasteiger partial charge in [-0.25, -0.2) is 0 Å². The Balaban J connectivity index is 1.66. The van der Waals surface area contributed by atoms with E-state index in [1.54, 1.807) is 25.3 Å². The molecule has 0 spiro atoms. The summed E-state index contributed by atoms with van der Waals surface area (Å²) in [5.41, 5.74) is 3.30. The Bertz CT molecular complexity index is 1400. The minimum Gasteiger partial charge on any atom is -0.495 e. The van der Waals surface area contributed by atoms with Gasteiger partial charge in [0.25, 0.3) is 0 Å². The molecule has 0 heterocycles. The maximum Gasteiger partial charge on any atom is 0.244 e. The van der Waals surface area contributed by atoms with Crippen molar-refractivity contribution >= 4 is 23.4 Å². The molecule has 0 aliphatic heterocycles. The van der Waals surface area contributed by atoms with Gasteiger partial charge in [-0.15, -0.1) is 0 Å². The van der Waals surface area contributed by atoms with Crippen LogP contribution in [0, 0.1) is 11.8 Å². The molecule has 0 aliphatic carbocycles. The van der Waals surface area contributed by atoms with E-state index in [1.165, 1.54) is 5.56 Å². The monoisotopic (exact) mass is 674 g/mol. The Morgan fingerprint density at radius 1 is 0.812 bits per heavy atom. The number of aryl methyl sites for hydroxylation is 1. The SMILES string of the molecule is COc1ccc(C[C@@H](NC(=O)/C=C/CCC(C)CCc2ccccc2)C(=O)N[C@@H](CCOC(C)CC(C)C)Cc2ccccc2)cc1Cl. The van der Waals surface area contributed by atoms with E-state index in [9.17, 15) is 9.59 Å². The van der Waals surface area contributed by atoms with Crippen molar-refractivity contribution in [3.05, 3.63) is 113 Å².